The molecular formula is C24H20Cl2N2O3. The Morgan fingerprint density at radius 1 is 1.10 bits per heavy atom. The molecule has 1 saturated carbocycles. The van der Waals surface area contributed by atoms with Crippen molar-refractivity contribution in [2.24, 2.45) is 0 Å². The number of carbonyl (C=O) groups excluding carboxylic acids is 2. The number of hydrogen-bond acceptors (Lipinski definition) is 4. The van der Waals surface area contributed by atoms with Gasteiger partial charge in [-0.15, -0.1) is 0 Å². The van der Waals surface area contributed by atoms with Crippen molar-refractivity contribution >= 4 is 41.1 Å². The Labute approximate surface area is 190 Å². The van der Waals surface area contributed by atoms with Crippen molar-refractivity contribution in [3.63, 3.8) is 0 Å². The first-order chi connectivity index (χ1) is 14.9. The molecule has 0 N–H and O–H groups in total. The van der Waals surface area contributed by atoms with E-state index in [1.165, 1.54) is 4.90 Å². The van der Waals surface area contributed by atoms with Gasteiger partial charge in [0.1, 0.15) is 23.2 Å². The Morgan fingerprint density at radius 3 is 2.52 bits per heavy atom. The molecule has 1 aromatic heterocycles. The number of benzene rings is 1. The smallest absolute Gasteiger partial charge is 0.271 e. The molecule has 158 valence electrons. The van der Waals surface area contributed by atoms with Gasteiger partial charge in [0.05, 0.1) is 5.02 Å². The fraction of sp³-hybridized carbons (Fsp3) is 0.292. The highest BCUT2D eigenvalue weighted by atomic mass is 35.5. The quantitative estimate of drug-likeness (QED) is 0.409. The molecule has 0 unspecified atom stereocenters. The maximum absolute atomic E-state index is 13.3. The van der Waals surface area contributed by atoms with E-state index in [2.05, 4.69) is 0 Å². The highest BCUT2D eigenvalue weighted by molar-refractivity contribution is 6.36. The number of carbonyl (C=O) groups is 2. The van der Waals surface area contributed by atoms with Gasteiger partial charge in [-0.05, 0) is 61.7 Å². The summed E-state index contributed by atoms with van der Waals surface area (Å²) in [4.78, 5) is 27.4. The summed E-state index contributed by atoms with van der Waals surface area (Å²) >= 11 is 12.2. The third kappa shape index (κ3) is 4.06. The Hall–Kier alpha value is -2.81. The van der Waals surface area contributed by atoms with E-state index in [-0.39, 0.29) is 17.5 Å². The summed E-state index contributed by atoms with van der Waals surface area (Å²) in [7, 11) is 0. The number of nitriles is 1. The van der Waals surface area contributed by atoms with Gasteiger partial charge < -0.3 is 4.42 Å². The fourth-order valence-corrected chi connectivity index (χ4v) is 4.68. The molecule has 4 rings (SSSR count). The number of halogens is 2. The summed E-state index contributed by atoms with van der Waals surface area (Å²) in [6, 6.07) is 10.4. The van der Waals surface area contributed by atoms with Crippen LogP contribution in [0.4, 0.5) is 0 Å². The molecule has 0 atom stereocenters. The molecule has 2 aromatic rings. The van der Waals surface area contributed by atoms with E-state index in [0.29, 0.717) is 38.3 Å². The fourth-order valence-electron chi connectivity index (χ4n) is 4.18. The standard InChI is InChI=1S/C24H20Cl2N2O3/c1-14-19(12-17-8-10-22(31-17)18-9-7-15(25)11-21(18)26)23(29)28(24(30)20(14)13-27)16-5-3-2-4-6-16/h7-12,16H,2-6H2,1H3/b19-12+. The van der Waals surface area contributed by atoms with Gasteiger partial charge in [-0.1, -0.05) is 42.5 Å². The highest BCUT2D eigenvalue weighted by Gasteiger charge is 2.40. The van der Waals surface area contributed by atoms with Crippen molar-refractivity contribution in [1.29, 1.82) is 5.26 Å². The average Bonchev–Trinajstić information content (AvgIpc) is 3.21. The minimum Gasteiger partial charge on any atom is -0.457 e. The number of nitrogens with zero attached hydrogens (tertiary/aromatic N) is 2. The lowest BCUT2D eigenvalue weighted by Crippen LogP contribution is -2.49. The SMILES string of the molecule is CC1=C(C#N)C(=O)N(C2CCCCC2)C(=O)/C1=C/c1ccc(-c2ccc(Cl)cc2Cl)o1. The molecule has 1 fully saturated rings. The summed E-state index contributed by atoms with van der Waals surface area (Å²) in [5.74, 6) is 0.0797. The van der Waals surface area contributed by atoms with Gasteiger partial charge in [-0.25, -0.2) is 0 Å². The summed E-state index contributed by atoms with van der Waals surface area (Å²) in [5, 5.41) is 10.6. The van der Waals surface area contributed by atoms with Gasteiger partial charge in [0.25, 0.3) is 11.8 Å². The van der Waals surface area contributed by atoms with Crippen LogP contribution in [-0.2, 0) is 9.59 Å². The number of amides is 2. The number of furan rings is 1. The van der Waals surface area contributed by atoms with E-state index < -0.39 is 5.91 Å². The predicted octanol–water partition coefficient (Wildman–Crippen LogP) is 6.18. The molecular weight excluding hydrogens is 435 g/mol. The molecule has 2 aliphatic rings. The van der Waals surface area contributed by atoms with Crippen molar-refractivity contribution < 1.29 is 14.0 Å². The van der Waals surface area contributed by atoms with Crippen molar-refractivity contribution in [1.82, 2.24) is 4.90 Å². The minimum absolute atomic E-state index is 0.00366. The Kier molecular flexibility index (Phi) is 6.04. The molecule has 5 nitrogen and oxygen atoms in total. The van der Waals surface area contributed by atoms with Crippen molar-refractivity contribution in [3.05, 3.63) is 62.9 Å². The molecule has 1 aromatic carbocycles. The summed E-state index contributed by atoms with van der Waals surface area (Å²) in [6.45, 7) is 1.62. The zero-order valence-corrected chi connectivity index (χ0v) is 18.5. The van der Waals surface area contributed by atoms with E-state index in [1.54, 1.807) is 43.3 Å². The van der Waals surface area contributed by atoms with E-state index in [4.69, 9.17) is 27.6 Å². The average molecular weight is 455 g/mol. The molecule has 1 aliphatic carbocycles. The van der Waals surface area contributed by atoms with Crippen molar-refractivity contribution in [2.75, 3.05) is 0 Å². The van der Waals surface area contributed by atoms with Gasteiger partial charge in [0, 0.05) is 22.2 Å². The van der Waals surface area contributed by atoms with Crippen LogP contribution in [0.5, 0.6) is 0 Å². The third-order valence-electron chi connectivity index (χ3n) is 5.82. The maximum Gasteiger partial charge on any atom is 0.271 e. The van der Waals surface area contributed by atoms with Crippen molar-refractivity contribution in [3.8, 4) is 17.4 Å². The lowest BCUT2D eigenvalue weighted by atomic mass is 9.89. The predicted molar refractivity (Wildman–Crippen MR) is 119 cm³/mol. The highest BCUT2D eigenvalue weighted by Crippen LogP contribution is 2.35. The number of imide groups is 1. The Morgan fingerprint density at radius 2 is 1.84 bits per heavy atom. The van der Waals surface area contributed by atoms with Gasteiger partial charge in [0.15, 0.2) is 0 Å². The van der Waals surface area contributed by atoms with Crippen LogP contribution in [0.15, 0.2) is 51.5 Å². The topological polar surface area (TPSA) is 74.3 Å². The zero-order chi connectivity index (χ0) is 22.1. The summed E-state index contributed by atoms with van der Waals surface area (Å²) < 4.78 is 5.90. The van der Waals surface area contributed by atoms with Crippen LogP contribution in [0.3, 0.4) is 0 Å². The molecule has 2 amide bonds. The molecule has 0 radical (unpaired) electrons. The van der Waals surface area contributed by atoms with Crippen LogP contribution >= 0.6 is 23.2 Å². The van der Waals surface area contributed by atoms with Gasteiger partial charge >= 0.3 is 0 Å². The first-order valence-electron chi connectivity index (χ1n) is 10.2. The van der Waals surface area contributed by atoms with Crippen LogP contribution in [0.1, 0.15) is 44.8 Å². The second-order valence-electron chi connectivity index (χ2n) is 7.77. The molecule has 1 aliphatic heterocycles. The summed E-state index contributed by atoms with van der Waals surface area (Å²) in [5.41, 5.74) is 1.34. The van der Waals surface area contributed by atoms with Crippen LogP contribution in [-0.4, -0.2) is 22.8 Å². The molecule has 7 heteroatoms. The van der Waals surface area contributed by atoms with Crippen LogP contribution in [0.25, 0.3) is 17.4 Å². The van der Waals surface area contributed by atoms with Crippen LogP contribution < -0.4 is 0 Å². The molecule has 31 heavy (non-hydrogen) atoms. The van der Waals surface area contributed by atoms with E-state index in [9.17, 15) is 14.9 Å². The second kappa shape index (κ2) is 8.74. The number of hydrogen-bond donors (Lipinski definition) is 0. The minimum atomic E-state index is -0.498. The molecule has 0 bridgehead atoms. The lowest BCUT2D eigenvalue weighted by Gasteiger charge is -2.36. The molecule has 0 spiro atoms. The lowest BCUT2D eigenvalue weighted by molar-refractivity contribution is -0.143. The van der Waals surface area contributed by atoms with Gasteiger partial charge in [-0.2, -0.15) is 5.26 Å². The monoisotopic (exact) mass is 454 g/mol. The normalized spacial score (nSPS) is 19.3. The number of rotatable bonds is 3. The van der Waals surface area contributed by atoms with Crippen molar-refractivity contribution in [2.45, 2.75) is 45.1 Å². The largest absolute Gasteiger partial charge is 0.457 e. The summed E-state index contributed by atoms with van der Waals surface area (Å²) in [6.07, 6.45) is 6.15. The van der Waals surface area contributed by atoms with Gasteiger partial charge in [0.2, 0.25) is 0 Å². The third-order valence-corrected chi connectivity index (χ3v) is 6.37. The maximum atomic E-state index is 13.3. The first-order valence-corrected chi connectivity index (χ1v) is 10.9. The molecule has 2 heterocycles. The Balaban J connectivity index is 1.73. The van der Waals surface area contributed by atoms with Gasteiger partial charge in [-0.3, -0.25) is 14.5 Å². The van der Waals surface area contributed by atoms with Crippen LogP contribution in [0, 0.1) is 11.3 Å². The second-order valence-corrected chi connectivity index (χ2v) is 8.61. The zero-order valence-electron chi connectivity index (χ0n) is 17.0. The Bertz CT molecular complexity index is 1160. The van der Waals surface area contributed by atoms with E-state index >= 15 is 0 Å². The van der Waals surface area contributed by atoms with E-state index in [0.717, 1.165) is 32.1 Å². The van der Waals surface area contributed by atoms with E-state index in [1.807, 2.05) is 6.07 Å². The van der Waals surface area contributed by atoms with Crippen LogP contribution in [0.2, 0.25) is 10.0 Å². The molecule has 0 saturated heterocycles. The first kappa shape index (κ1) is 21.4.